The highest BCUT2D eigenvalue weighted by atomic mass is 35.5. The molecule has 0 aliphatic heterocycles. The normalized spacial score (nSPS) is 15.2. The molecule has 0 fully saturated rings. The zero-order chi connectivity index (χ0) is 15.8. The summed E-state index contributed by atoms with van der Waals surface area (Å²) in [6.45, 7) is 0. The van der Waals surface area contributed by atoms with Crippen LogP contribution in [0.1, 0.15) is 21.6 Å². The van der Waals surface area contributed by atoms with E-state index in [4.69, 9.17) is 11.6 Å². The Morgan fingerprint density at radius 2 is 1.87 bits per heavy atom. The third-order valence-electron chi connectivity index (χ3n) is 4.00. The lowest BCUT2D eigenvalue weighted by Crippen LogP contribution is -1.94. The summed E-state index contributed by atoms with van der Waals surface area (Å²) in [6.07, 6.45) is 2.55. The lowest BCUT2D eigenvalue weighted by atomic mass is 10.1. The largest absolute Gasteiger partial charge is 0.289 e. The van der Waals surface area contributed by atoms with Gasteiger partial charge in [0.25, 0.3) is 0 Å². The minimum atomic E-state index is 0.100. The van der Waals surface area contributed by atoms with Crippen molar-refractivity contribution in [1.29, 1.82) is 0 Å². The van der Waals surface area contributed by atoms with E-state index in [1.165, 1.54) is 0 Å². The Bertz CT molecular complexity index is 923. The molecule has 1 heterocycles. The van der Waals surface area contributed by atoms with Crippen molar-refractivity contribution in [2.24, 2.45) is 0 Å². The summed E-state index contributed by atoms with van der Waals surface area (Å²) >= 11 is 5.90. The van der Waals surface area contributed by atoms with Crippen molar-refractivity contribution in [2.45, 2.75) is 6.42 Å². The molecule has 1 aliphatic carbocycles. The van der Waals surface area contributed by atoms with Crippen molar-refractivity contribution in [3.8, 4) is 11.3 Å². The monoisotopic (exact) mass is 320 g/mol. The van der Waals surface area contributed by atoms with Crippen molar-refractivity contribution < 1.29 is 4.79 Å². The molecule has 4 heteroatoms. The number of ketones is 1. The molecule has 4 rings (SSSR count). The maximum Gasteiger partial charge on any atom is 0.189 e. The number of hydrogen-bond donors (Lipinski definition) is 1. The molecule has 0 saturated carbocycles. The van der Waals surface area contributed by atoms with Crippen LogP contribution in [0.3, 0.4) is 0 Å². The number of halogens is 1. The van der Waals surface area contributed by atoms with Crippen LogP contribution in [0.15, 0.2) is 60.2 Å². The zero-order valence-corrected chi connectivity index (χ0v) is 13.0. The molecule has 0 amide bonds. The summed E-state index contributed by atoms with van der Waals surface area (Å²) in [5, 5.41) is 7.99. The highest BCUT2D eigenvalue weighted by Crippen LogP contribution is 2.28. The number of aromatic amines is 1. The number of nitrogens with zero attached hydrogens (tertiary/aromatic N) is 1. The van der Waals surface area contributed by atoms with Crippen molar-refractivity contribution >= 4 is 23.5 Å². The lowest BCUT2D eigenvalue weighted by molar-refractivity contribution is 0.104. The Hall–Kier alpha value is -2.65. The van der Waals surface area contributed by atoms with Crippen LogP contribution >= 0.6 is 11.6 Å². The molecule has 0 atom stereocenters. The van der Waals surface area contributed by atoms with E-state index in [2.05, 4.69) is 10.2 Å². The molecule has 0 radical (unpaired) electrons. The van der Waals surface area contributed by atoms with Crippen LogP contribution in [0.4, 0.5) is 0 Å². The first-order valence-electron chi connectivity index (χ1n) is 7.35. The van der Waals surface area contributed by atoms with Gasteiger partial charge in [-0.2, -0.15) is 5.10 Å². The van der Waals surface area contributed by atoms with Gasteiger partial charge in [-0.25, -0.2) is 0 Å². The fourth-order valence-electron chi connectivity index (χ4n) is 2.84. The average Bonchev–Trinajstić information content (AvgIpc) is 3.15. The number of carbonyl (C=O) groups is 1. The fraction of sp³-hybridized carbons (Fsp3) is 0.0526. The Morgan fingerprint density at radius 1 is 1.09 bits per heavy atom. The van der Waals surface area contributed by atoms with E-state index < -0.39 is 0 Å². The summed E-state index contributed by atoms with van der Waals surface area (Å²) in [6, 6.07) is 17.2. The van der Waals surface area contributed by atoms with E-state index in [-0.39, 0.29) is 5.78 Å². The zero-order valence-electron chi connectivity index (χ0n) is 12.2. The van der Waals surface area contributed by atoms with Crippen LogP contribution < -0.4 is 0 Å². The van der Waals surface area contributed by atoms with Crippen molar-refractivity contribution in [3.05, 3.63) is 82.0 Å². The molecule has 1 N–H and O–H groups in total. The molecule has 0 spiro atoms. The Balaban J connectivity index is 1.64. The van der Waals surface area contributed by atoms with Gasteiger partial charge in [-0.05, 0) is 29.8 Å². The quantitative estimate of drug-likeness (QED) is 0.704. The average molecular weight is 321 g/mol. The second-order valence-corrected chi connectivity index (χ2v) is 5.98. The minimum absolute atomic E-state index is 0.100. The number of hydrogen-bond acceptors (Lipinski definition) is 2. The van der Waals surface area contributed by atoms with E-state index in [0.717, 1.165) is 33.7 Å². The van der Waals surface area contributed by atoms with Crippen LogP contribution in [-0.4, -0.2) is 16.0 Å². The number of benzene rings is 2. The Morgan fingerprint density at radius 3 is 2.65 bits per heavy atom. The number of aromatic nitrogens is 2. The van der Waals surface area contributed by atoms with Gasteiger partial charge in [-0.3, -0.25) is 9.89 Å². The highest BCUT2D eigenvalue weighted by Gasteiger charge is 2.24. The van der Waals surface area contributed by atoms with Crippen LogP contribution in [0.25, 0.3) is 17.3 Å². The molecule has 23 heavy (non-hydrogen) atoms. The molecular weight excluding hydrogens is 308 g/mol. The number of Topliss-reactive ketones (excluding diaryl/α,β-unsaturated/α-hetero) is 1. The van der Waals surface area contributed by atoms with Gasteiger partial charge in [0, 0.05) is 28.1 Å². The maximum absolute atomic E-state index is 12.4. The van der Waals surface area contributed by atoms with Crippen molar-refractivity contribution in [2.75, 3.05) is 0 Å². The number of allylic oxidation sites excluding steroid dienone is 1. The number of fused-ring (bicyclic) bond motifs is 1. The summed E-state index contributed by atoms with van der Waals surface area (Å²) < 4.78 is 0. The molecule has 1 aliphatic rings. The minimum Gasteiger partial charge on any atom is -0.289 e. The topological polar surface area (TPSA) is 45.8 Å². The van der Waals surface area contributed by atoms with Gasteiger partial charge in [0.15, 0.2) is 5.78 Å². The van der Waals surface area contributed by atoms with Crippen LogP contribution in [0, 0.1) is 0 Å². The van der Waals surface area contributed by atoms with Crippen LogP contribution in [-0.2, 0) is 6.42 Å². The number of nitrogens with one attached hydrogen (secondary N) is 1. The Kier molecular flexibility index (Phi) is 3.36. The first kappa shape index (κ1) is 14.0. The van der Waals surface area contributed by atoms with Crippen molar-refractivity contribution in [3.63, 3.8) is 0 Å². The van der Waals surface area contributed by atoms with E-state index in [9.17, 15) is 4.79 Å². The van der Waals surface area contributed by atoms with Crippen LogP contribution in [0.2, 0.25) is 5.02 Å². The molecule has 0 unspecified atom stereocenters. The van der Waals surface area contributed by atoms with Crippen LogP contribution in [0.5, 0.6) is 0 Å². The summed E-state index contributed by atoms with van der Waals surface area (Å²) in [5.74, 6) is 0.100. The van der Waals surface area contributed by atoms with Gasteiger partial charge in [-0.15, -0.1) is 0 Å². The van der Waals surface area contributed by atoms with Gasteiger partial charge in [-0.1, -0.05) is 48.0 Å². The maximum atomic E-state index is 12.4. The summed E-state index contributed by atoms with van der Waals surface area (Å²) in [7, 11) is 0. The molecule has 112 valence electrons. The molecular formula is C19H13ClN2O. The van der Waals surface area contributed by atoms with Gasteiger partial charge < -0.3 is 0 Å². The second-order valence-electron chi connectivity index (χ2n) is 5.55. The molecule has 0 saturated heterocycles. The lowest BCUT2D eigenvalue weighted by Gasteiger charge is -1.95. The standard InChI is InChI=1S/C19H13ClN2O/c20-15-7-5-12(6-8-15)18-11-16(21-22-18)10-14-9-13-3-1-2-4-17(13)19(14)23/h1-8,10-11H,9H2,(H,21,22). The van der Waals surface area contributed by atoms with Crippen molar-refractivity contribution in [1.82, 2.24) is 10.2 Å². The van der Waals surface area contributed by atoms with Gasteiger partial charge in [0.1, 0.15) is 0 Å². The van der Waals surface area contributed by atoms with Gasteiger partial charge in [0.05, 0.1) is 11.4 Å². The van der Waals surface area contributed by atoms with E-state index in [0.29, 0.717) is 11.4 Å². The number of carbonyl (C=O) groups excluding carboxylic acids is 1. The molecule has 0 bridgehead atoms. The van der Waals surface area contributed by atoms with E-state index in [1.54, 1.807) is 0 Å². The summed E-state index contributed by atoms with van der Waals surface area (Å²) in [5.41, 5.74) is 5.31. The van der Waals surface area contributed by atoms with E-state index >= 15 is 0 Å². The number of H-pyrrole nitrogens is 1. The second kappa shape index (κ2) is 5.52. The van der Waals surface area contributed by atoms with E-state index in [1.807, 2.05) is 60.7 Å². The number of rotatable bonds is 2. The third kappa shape index (κ3) is 2.60. The fourth-order valence-corrected chi connectivity index (χ4v) is 2.96. The van der Waals surface area contributed by atoms with Gasteiger partial charge >= 0.3 is 0 Å². The molecule has 3 aromatic rings. The predicted molar refractivity (Wildman–Crippen MR) is 91.5 cm³/mol. The SMILES string of the molecule is O=C1C(=Cc2cc(-c3ccc(Cl)cc3)n[nH]2)Cc2ccccc21. The summed E-state index contributed by atoms with van der Waals surface area (Å²) in [4.78, 5) is 12.4. The highest BCUT2D eigenvalue weighted by molar-refractivity contribution is 6.30. The smallest absolute Gasteiger partial charge is 0.189 e. The predicted octanol–water partition coefficient (Wildman–Crippen LogP) is 4.55. The molecule has 3 nitrogen and oxygen atoms in total. The molecule has 1 aromatic heterocycles. The third-order valence-corrected chi connectivity index (χ3v) is 4.25. The first-order valence-corrected chi connectivity index (χ1v) is 7.73. The Labute approximate surface area is 138 Å². The molecule has 2 aromatic carbocycles. The van der Waals surface area contributed by atoms with Gasteiger partial charge in [0.2, 0.25) is 0 Å². The first-order chi connectivity index (χ1) is 11.2.